The van der Waals surface area contributed by atoms with E-state index in [0.29, 0.717) is 31.9 Å². The number of carbonyl (C=O) groups is 2. The lowest BCUT2D eigenvalue weighted by atomic mass is 9.94. The molecule has 0 aromatic carbocycles. The summed E-state index contributed by atoms with van der Waals surface area (Å²) in [7, 11) is 1.65. The Labute approximate surface area is 141 Å². The summed E-state index contributed by atoms with van der Waals surface area (Å²) >= 11 is 0. The third-order valence-corrected chi connectivity index (χ3v) is 5.63. The van der Waals surface area contributed by atoms with Gasteiger partial charge in [0.2, 0.25) is 5.91 Å². The van der Waals surface area contributed by atoms with Gasteiger partial charge in [-0.2, -0.15) is 5.10 Å². The Morgan fingerprint density at radius 2 is 2.21 bits per heavy atom. The van der Waals surface area contributed by atoms with Crippen molar-refractivity contribution in [2.75, 3.05) is 33.4 Å². The molecule has 7 heteroatoms. The molecule has 1 N–H and O–H groups in total. The molecule has 7 nitrogen and oxygen atoms in total. The molecule has 3 fully saturated rings. The number of fused-ring (bicyclic) bond motifs is 5. The van der Waals surface area contributed by atoms with E-state index < -0.39 is 0 Å². The second kappa shape index (κ2) is 6.20. The van der Waals surface area contributed by atoms with Gasteiger partial charge in [0, 0.05) is 44.0 Å². The first-order valence-corrected chi connectivity index (χ1v) is 8.84. The molecule has 3 aliphatic heterocycles. The van der Waals surface area contributed by atoms with Crippen LogP contribution in [0, 0.1) is 5.92 Å². The van der Waals surface area contributed by atoms with Gasteiger partial charge in [-0.15, -0.1) is 0 Å². The van der Waals surface area contributed by atoms with Gasteiger partial charge in [-0.1, -0.05) is 0 Å². The molecule has 1 aromatic rings. The molecular weight excluding hydrogens is 308 g/mol. The lowest BCUT2D eigenvalue weighted by molar-refractivity contribution is -0.140. The Bertz CT molecular complexity index is 656. The highest BCUT2D eigenvalue weighted by atomic mass is 16.5. The van der Waals surface area contributed by atoms with Crippen molar-refractivity contribution in [2.45, 2.75) is 38.1 Å². The maximum Gasteiger partial charge on any atom is 0.274 e. The fourth-order valence-electron chi connectivity index (χ4n) is 4.34. The van der Waals surface area contributed by atoms with Gasteiger partial charge in [-0.05, 0) is 32.1 Å². The largest absolute Gasteiger partial charge is 0.383 e. The topological polar surface area (TPSA) is 78.5 Å². The van der Waals surface area contributed by atoms with E-state index in [1.165, 1.54) is 0 Å². The molecule has 1 aromatic heterocycles. The van der Waals surface area contributed by atoms with Crippen LogP contribution in [-0.4, -0.2) is 71.2 Å². The van der Waals surface area contributed by atoms with Crippen LogP contribution >= 0.6 is 0 Å². The van der Waals surface area contributed by atoms with Crippen LogP contribution in [0.25, 0.3) is 0 Å². The highest BCUT2D eigenvalue weighted by Crippen LogP contribution is 2.31. The van der Waals surface area contributed by atoms with E-state index in [-0.39, 0.29) is 23.8 Å². The van der Waals surface area contributed by atoms with Crippen molar-refractivity contribution in [3.05, 3.63) is 17.0 Å². The molecule has 4 aliphatic rings. The van der Waals surface area contributed by atoms with Crippen molar-refractivity contribution in [3.63, 3.8) is 0 Å². The predicted octanol–water partition coefficient (Wildman–Crippen LogP) is 0.608. The molecular formula is C17H24N4O3. The smallest absolute Gasteiger partial charge is 0.274 e. The summed E-state index contributed by atoms with van der Waals surface area (Å²) in [6.45, 7) is 2.26. The third-order valence-electron chi connectivity index (χ3n) is 5.63. The fraction of sp³-hybridized carbons (Fsp3) is 0.706. The molecule has 2 atom stereocenters. The zero-order valence-electron chi connectivity index (χ0n) is 14.1. The van der Waals surface area contributed by atoms with Gasteiger partial charge in [-0.3, -0.25) is 14.7 Å². The first-order valence-electron chi connectivity index (χ1n) is 8.84. The molecule has 5 rings (SSSR count). The van der Waals surface area contributed by atoms with Crippen LogP contribution in [0.4, 0.5) is 0 Å². The van der Waals surface area contributed by atoms with Crippen molar-refractivity contribution in [1.29, 1.82) is 0 Å². The van der Waals surface area contributed by atoms with E-state index in [0.717, 1.165) is 43.4 Å². The summed E-state index contributed by atoms with van der Waals surface area (Å²) in [5.41, 5.74) is 2.76. The van der Waals surface area contributed by atoms with E-state index in [4.69, 9.17) is 4.74 Å². The number of rotatable bonds is 4. The number of nitrogens with one attached hydrogen (secondary N) is 1. The van der Waals surface area contributed by atoms with Crippen LogP contribution in [0.15, 0.2) is 0 Å². The minimum Gasteiger partial charge on any atom is -0.383 e. The summed E-state index contributed by atoms with van der Waals surface area (Å²) in [5.74, 6) is 0.0649. The summed E-state index contributed by atoms with van der Waals surface area (Å²) in [6, 6.07) is 0.0994. The molecule has 2 amide bonds. The normalized spacial score (nSPS) is 26.0. The number of aromatic nitrogens is 2. The maximum absolute atomic E-state index is 13.0. The number of methoxy groups -OCH3 is 1. The van der Waals surface area contributed by atoms with Gasteiger partial charge in [0.15, 0.2) is 5.69 Å². The van der Waals surface area contributed by atoms with Crippen LogP contribution in [-0.2, 0) is 22.4 Å². The number of aromatic amines is 1. The first-order chi connectivity index (χ1) is 11.7. The number of H-pyrrole nitrogens is 1. The predicted molar refractivity (Wildman–Crippen MR) is 86.6 cm³/mol. The average molecular weight is 332 g/mol. The van der Waals surface area contributed by atoms with E-state index >= 15 is 0 Å². The van der Waals surface area contributed by atoms with Crippen molar-refractivity contribution in [1.82, 2.24) is 20.0 Å². The highest BCUT2D eigenvalue weighted by Gasteiger charge is 2.42. The molecule has 3 saturated heterocycles. The number of hydrogen-bond donors (Lipinski definition) is 1. The zero-order chi connectivity index (χ0) is 16.7. The van der Waals surface area contributed by atoms with E-state index in [9.17, 15) is 9.59 Å². The second-order valence-electron chi connectivity index (χ2n) is 7.05. The summed E-state index contributed by atoms with van der Waals surface area (Å²) in [6.07, 6.45) is 4.81. The Hall–Kier alpha value is -1.89. The minimum absolute atomic E-state index is 0.0207. The van der Waals surface area contributed by atoms with Crippen molar-refractivity contribution in [3.8, 4) is 0 Å². The van der Waals surface area contributed by atoms with Gasteiger partial charge >= 0.3 is 0 Å². The summed E-state index contributed by atoms with van der Waals surface area (Å²) in [4.78, 5) is 29.4. The molecule has 24 heavy (non-hydrogen) atoms. The Balaban J connectivity index is 1.55. The number of ether oxygens (including phenoxy) is 1. The molecule has 1 aliphatic carbocycles. The van der Waals surface area contributed by atoms with Crippen LogP contribution in [0.5, 0.6) is 0 Å². The van der Waals surface area contributed by atoms with Gasteiger partial charge < -0.3 is 14.5 Å². The van der Waals surface area contributed by atoms with E-state index in [1.54, 1.807) is 7.11 Å². The van der Waals surface area contributed by atoms with Gasteiger partial charge in [0.05, 0.1) is 12.5 Å². The third kappa shape index (κ3) is 2.51. The second-order valence-corrected chi connectivity index (χ2v) is 7.05. The number of piperidine rings is 1. The quantitative estimate of drug-likeness (QED) is 0.876. The lowest BCUT2D eigenvalue weighted by Gasteiger charge is -2.35. The summed E-state index contributed by atoms with van der Waals surface area (Å²) in [5, 5.41) is 7.28. The molecule has 4 heterocycles. The van der Waals surface area contributed by atoms with Crippen LogP contribution in [0.1, 0.15) is 41.0 Å². The molecule has 130 valence electrons. The minimum atomic E-state index is -0.0865. The van der Waals surface area contributed by atoms with E-state index in [1.807, 2.05) is 9.80 Å². The molecule has 0 radical (unpaired) electrons. The van der Waals surface area contributed by atoms with Crippen LogP contribution in [0.2, 0.25) is 0 Å². The van der Waals surface area contributed by atoms with Gasteiger partial charge in [0.25, 0.3) is 5.91 Å². The highest BCUT2D eigenvalue weighted by molar-refractivity contribution is 5.95. The van der Waals surface area contributed by atoms with Crippen LogP contribution < -0.4 is 0 Å². The lowest BCUT2D eigenvalue weighted by Crippen LogP contribution is -2.49. The SMILES string of the molecule is COCCN1C(=O)C2CCC1CN(C(=O)c1n[nH]c3c1CCC3)C2. The Kier molecular flexibility index (Phi) is 4.04. The number of aryl methyl sites for hydroxylation is 1. The molecule has 2 bridgehead atoms. The standard InChI is InChI=1S/C17H24N4O3/c1-24-8-7-21-12-6-5-11(16(21)22)9-20(10-12)17(23)15-13-3-2-4-14(13)18-19-15/h11-12H,2-10H2,1H3,(H,18,19). The molecule has 0 saturated carbocycles. The van der Waals surface area contributed by atoms with E-state index in [2.05, 4.69) is 10.2 Å². The molecule has 2 unspecified atom stereocenters. The summed E-state index contributed by atoms with van der Waals surface area (Å²) < 4.78 is 5.14. The molecule has 0 spiro atoms. The number of hydrogen-bond acceptors (Lipinski definition) is 4. The fourth-order valence-corrected chi connectivity index (χ4v) is 4.34. The number of amides is 2. The number of nitrogens with zero attached hydrogens (tertiary/aromatic N) is 3. The number of carbonyl (C=O) groups excluding carboxylic acids is 2. The maximum atomic E-state index is 13.0. The monoisotopic (exact) mass is 332 g/mol. The van der Waals surface area contributed by atoms with Crippen molar-refractivity contribution < 1.29 is 14.3 Å². The first kappa shape index (κ1) is 15.6. The Morgan fingerprint density at radius 3 is 3.04 bits per heavy atom. The van der Waals surface area contributed by atoms with Crippen molar-refractivity contribution in [2.24, 2.45) is 5.92 Å². The Morgan fingerprint density at radius 1 is 1.33 bits per heavy atom. The van der Waals surface area contributed by atoms with Gasteiger partial charge in [-0.25, -0.2) is 0 Å². The zero-order valence-corrected chi connectivity index (χ0v) is 14.1. The average Bonchev–Trinajstić information content (AvgIpc) is 3.09. The van der Waals surface area contributed by atoms with Gasteiger partial charge in [0.1, 0.15) is 0 Å². The van der Waals surface area contributed by atoms with Crippen LogP contribution in [0.3, 0.4) is 0 Å². The van der Waals surface area contributed by atoms with Crippen molar-refractivity contribution >= 4 is 11.8 Å².